The Hall–Kier alpha value is -0.460. The standard InChI is InChI=1S/C11H20BrN5/c1-11(2)6-4-5-7(11)8(14-13)9-10(12)15-16-17(9)3/h7-8,14H,4-6,13H2,1-3H3. The molecule has 0 saturated heterocycles. The molecule has 0 aliphatic heterocycles. The Morgan fingerprint density at radius 1 is 1.59 bits per heavy atom. The van der Waals surface area contributed by atoms with E-state index in [1.54, 1.807) is 4.68 Å². The monoisotopic (exact) mass is 301 g/mol. The molecule has 5 nitrogen and oxygen atoms in total. The molecule has 1 heterocycles. The molecule has 0 radical (unpaired) electrons. The maximum atomic E-state index is 5.76. The number of hydrazine groups is 1. The van der Waals surface area contributed by atoms with Crippen LogP contribution in [0.4, 0.5) is 0 Å². The molecule has 17 heavy (non-hydrogen) atoms. The number of nitrogens with two attached hydrogens (primary N) is 1. The van der Waals surface area contributed by atoms with Gasteiger partial charge in [-0.05, 0) is 40.1 Å². The topological polar surface area (TPSA) is 68.8 Å². The van der Waals surface area contributed by atoms with Crippen LogP contribution in [0.1, 0.15) is 44.8 Å². The van der Waals surface area contributed by atoms with Gasteiger partial charge in [-0.25, -0.2) is 4.68 Å². The van der Waals surface area contributed by atoms with Gasteiger partial charge < -0.3 is 0 Å². The molecule has 0 amide bonds. The van der Waals surface area contributed by atoms with E-state index in [4.69, 9.17) is 5.84 Å². The number of aryl methyl sites for hydroxylation is 1. The van der Waals surface area contributed by atoms with Crippen molar-refractivity contribution < 1.29 is 0 Å². The zero-order chi connectivity index (χ0) is 12.6. The summed E-state index contributed by atoms with van der Waals surface area (Å²) in [5.41, 5.74) is 4.29. The molecule has 2 unspecified atom stereocenters. The molecule has 96 valence electrons. The second kappa shape index (κ2) is 4.66. The van der Waals surface area contributed by atoms with Crippen molar-refractivity contribution in [1.29, 1.82) is 0 Å². The predicted molar refractivity (Wildman–Crippen MR) is 69.9 cm³/mol. The van der Waals surface area contributed by atoms with Gasteiger partial charge in [0.1, 0.15) is 0 Å². The van der Waals surface area contributed by atoms with E-state index in [2.05, 4.69) is 45.5 Å². The van der Waals surface area contributed by atoms with Crippen LogP contribution in [-0.2, 0) is 7.05 Å². The van der Waals surface area contributed by atoms with Crippen molar-refractivity contribution >= 4 is 15.9 Å². The fraction of sp³-hybridized carbons (Fsp3) is 0.818. The Kier molecular flexibility index (Phi) is 3.56. The third kappa shape index (κ3) is 2.26. The van der Waals surface area contributed by atoms with Crippen molar-refractivity contribution in [2.24, 2.45) is 24.2 Å². The maximum absolute atomic E-state index is 5.76. The summed E-state index contributed by atoms with van der Waals surface area (Å²) in [6.45, 7) is 4.62. The van der Waals surface area contributed by atoms with E-state index in [0.717, 1.165) is 10.3 Å². The van der Waals surface area contributed by atoms with Crippen LogP contribution in [0.25, 0.3) is 0 Å². The highest BCUT2D eigenvalue weighted by Crippen LogP contribution is 2.48. The van der Waals surface area contributed by atoms with Crippen LogP contribution in [0.3, 0.4) is 0 Å². The number of nitrogens with zero attached hydrogens (tertiary/aromatic N) is 3. The lowest BCUT2D eigenvalue weighted by Gasteiger charge is -2.33. The van der Waals surface area contributed by atoms with Gasteiger partial charge in [0.2, 0.25) is 0 Å². The summed E-state index contributed by atoms with van der Waals surface area (Å²) >= 11 is 3.45. The lowest BCUT2D eigenvalue weighted by atomic mass is 9.77. The Balaban J connectivity index is 2.34. The van der Waals surface area contributed by atoms with Crippen molar-refractivity contribution in [2.45, 2.75) is 39.2 Å². The second-order valence-electron chi connectivity index (χ2n) is 5.52. The molecule has 1 aliphatic rings. The van der Waals surface area contributed by atoms with Crippen LogP contribution in [0.15, 0.2) is 4.60 Å². The fourth-order valence-electron chi connectivity index (χ4n) is 3.03. The van der Waals surface area contributed by atoms with Crippen molar-refractivity contribution in [3.05, 3.63) is 10.3 Å². The van der Waals surface area contributed by atoms with Gasteiger partial charge >= 0.3 is 0 Å². The maximum Gasteiger partial charge on any atom is 0.153 e. The first-order valence-corrected chi connectivity index (χ1v) is 6.78. The minimum absolute atomic E-state index is 0.0990. The molecule has 1 aliphatic carbocycles. The van der Waals surface area contributed by atoms with E-state index >= 15 is 0 Å². The molecule has 1 fully saturated rings. The van der Waals surface area contributed by atoms with Gasteiger partial charge in [-0.3, -0.25) is 11.3 Å². The number of hydrogen-bond acceptors (Lipinski definition) is 4. The summed E-state index contributed by atoms with van der Waals surface area (Å²) in [4.78, 5) is 0. The molecule has 3 N–H and O–H groups in total. The lowest BCUT2D eigenvalue weighted by molar-refractivity contribution is 0.192. The molecule has 1 saturated carbocycles. The van der Waals surface area contributed by atoms with Crippen LogP contribution in [0, 0.1) is 11.3 Å². The third-order valence-electron chi connectivity index (χ3n) is 4.04. The first-order chi connectivity index (χ1) is 7.97. The first kappa shape index (κ1) is 13.0. The Morgan fingerprint density at radius 3 is 2.71 bits per heavy atom. The highest BCUT2D eigenvalue weighted by atomic mass is 79.9. The Labute approximate surface area is 110 Å². The van der Waals surface area contributed by atoms with Crippen molar-refractivity contribution in [3.8, 4) is 0 Å². The summed E-state index contributed by atoms with van der Waals surface area (Å²) in [5.74, 6) is 6.28. The summed E-state index contributed by atoms with van der Waals surface area (Å²) in [6.07, 6.45) is 3.71. The van der Waals surface area contributed by atoms with E-state index in [-0.39, 0.29) is 6.04 Å². The molecule has 0 aromatic carbocycles. The molecule has 1 aromatic heterocycles. The third-order valence-corrected chi connectivity index (χ3v) is 4.61. The minimum atomic E-state index is 0.0990. The molecule has 1 aromatic rings. The van der Waals surface area contributed by atoms with Gasteiger partial charge in [0, 0.05) is 7.05 Å². The van der Waals surface area contributed by atoms with Gasteiger partial charge in [0.25, 0.3) is 0 Å². The summed E-state index contributed by atoms with van der Waals surface area (Å²) in [7, 11) is 1.90. The smallest absolute Gasteiger partial charge is 0.153 e. The van der Waals surface area contributed by atoms with Gasteiger partial charge in [-0.2, -0.15) is 0 Å². The number of rotatable bonds is 3. The normalized spacial score (nSPS) is 25.1. The van der Waals surface area contributed by atoms with Gasteiger partial charge in [-0.1, -0.05) is 25.5 Å². The number of aromatic nitrogens is 3. The Bertz CT molecular complexity index is 381. The second-order valence-corrected chi connectivity index (χ2v) is 6.27. The van der Waals surface area contributed by atoms with Crippen molar-refractivity contribution in [2.75, 3.05) is 0 Å². The van der Waals surface area contributed by atoms with Crippen LogP contribution >= 0.6 is 15.9 Å². The molecule has 0 spiro atoms. The summed E-state index contributed by atoms with van der Waals surface area (Å²) < 4.78 is 2.58. The van der Waals surface area contributed by atoms with E-state index in [1.165, 1.54) is 19.3 Å². The molecular weight excluding hydrogens is 282 g/mol. The summed E-state index contributed by atoms with van der Waals surface area (Å²) in [6, 6.07) is 0.0990. The Morgan fingerprint density at radius 2 is 2.29 bits per heavy atom. The first-order valence-electron chi connectivity index (χ1n) is 5.98. The minimum Gasteiger partial charge on any atom is -0.271 e. The number of hydrogen-bond donors (Lipinski definition) is 2. The molecule has 2 atom stereocenters. The average Bonchev–Trinajstić information content (AvgIpc) is 2.76. The van der Waals surface area contributed by atoms with E-state index in [1.807, 2.05) is 7.05 Å². The van der Waals surface area contributed by atoms with Gasteiger partial charge in [0.05, 0.1) is 11.7 Å². The average molecular weight is 302 g/mol. The van der Waals surface area contributed by atoms with E-state index < -0.39 is 0 Å². The largest absolute Gasteiger partial charge is 0.271 e. The lowest BCUT2D eigenvalue weighted by Crippen LogP contribution is -2.39. The van der Waals surface area contributed by atoms with E-state index in [0.29, 0.717) is 11.3 Å². The van der Waals surface area contributed by atoms with Crippen molar-refractivity contribution in [3.63, 3.8) is 0 Å². The van der Waals surface area contributed by atoms with Crippen LogP contribution in [-0.4, -0.2) is 15.0 Å². The molecular formula is C11H20BrN5. The van der Waals surface area contributed by atoms with Crippen LogP contribution < -0.4 is 11.3 Å². The van der Waals surface area contributed by atoms with Gasteiger partial charge in [-0.15, -0.1) is 5.10 Å². The van der Waals surface area contributed by atoms with Crippen LogP contribution in [0.5, 0.6) is 0 Å². The SMILES string of the molecule is Cn1nnc(Br)c1C(NN)C1CCCC1(C)C. The fourth-order valence-corrected chi connectivity index (χ4v) is 3.60. The highest BCUT2D eigenvalue weighted by Gasteiger charge is 2.41. The number of nitrogens with one attached hydrogen (secondary N) is 1. The van der Waals surface area contributed by atoms with Crippen molar-refractivity contribution in [1.82, 2.24) is 20.4 Å². The predicted octanol–water partition coefficient (Wildman–Crippen LogP) is 1.91. The quantitative estimate of drug-likeness (QED) is 0.661. The molecule has 0 bridgehead atoms. The highest BCUT2D eigenvalue weighted by molar-refractivity contribution is 9.10. The van der Waals surface area contributed by atoms with E-state index in [9.17, 15) is 0 Å². The van der Waals surface area contributed by atoms with Gasteiger partial charge in [0.15, 0.2) is 4.60 Å². The summed E-state index contributed by atoms with van der Waals surface area (Å²) in [5, 5.41) is 8.07. The zero-order valence-corrected chi connectivity index (χ0v) is 12.2. The molecule has 6 heteroatoms. The van der Waals surface area contributed by atoms with Crippen LogP contribution in [0.2, 0.25) is 0 Å². The zero-order valence-electron chi connectivity index (χ0n) is 10.6. The molecule has 2 rings (SSSR count). The number of halogens is 1.